The first-order chi connectivity index (χ1) is 14.3. The maximum Gasteiger partial charge on any atom is 0.190 e. The zero-order valence-electron chi connectivity index (χ0n) is 15.4. The van der Waals surface area contributed by atoms with Crippen molar-refractivity contribution in [3.05, 3.63) is 95.2 Å². The first-order valence-corrected chi connectivity index (χ1v) is 9.02. The molecule has 0 unspecified atom stereocenters. The number of H-pyrrole nitrogens is 1. The second-order valence-electron chi connectivity index (χ2n) is 6.46. The van der Waals surface area contributed by atoms with Gasteiger partial charge in [-0.25, -0.2) is 0 Å². The Morgan fingerprint density at radius 2 is 1.21 bits per heavy atom. The van der Waals surface area contributed by atoms with Gasteiger partial charge in [0.1, 0.15) is 18.0 Å². The molecule has 0 spiro atoms. The minimum Gasteiger partial charge on any atom is -0.298 e. The third kappa shape index (κ3) is 4.02. The number of nitrogens with zero attached hydrogens (tertiary/aromatic N) is 3. The van der Waals surface area contributed by atoms with Crippen molar-refractivity contribution in [2.75, 3.05) is 0 Å². The normalized spacial score (nSPS) is 10.7. The van der Waals surface area contributed by atoms with Gasteiger partial charge in [0.05, 0.1) is 0 Å². The third-order valence-electron chi connectivity index (χ3n) is 4.61. The first kappa shape index (κ1) is 18.1. The molecule has 0 radical (unpaired) electrons. The van der Waals surface area contributed by atoms with Crippen LogP contribution in [-0.4, -0.2) is 21.7 Å². The average Bonchev–Trinajstić information content (AvgIpc) is 3.27. The van der Waals surface area contributed by atoms with E-state index in [0.29, 0.717) is 11.3 Å². The van der Waals surface area contributed by atoms with Gasteiger partial charge >= 0.3 is 0 Å². The molecule has 0 aliphatic rings. The summed E-state index contributed by atoms with van der Waals surface area (Å²) < 4.78 is 0. The molecule has 138 valence electrons. The van der Waals surface area contributed by atoms with Crippen molar-refractivity contribution in [2.45, 2.75) is 0 Å². The van der Waals surface area contributed by atoms with Crippen molar-refractivity contribution in [3.63, 3.8) is 0 Å². The summed E-state index contributed by atoms with van der Waals surface area (Å²) in [6, 6.07) is 25.6. The fraction of sp³-hybridized carbons (Fsp3) is 0. The van der Waals surface area contributed by atoms with E-state index >= 15 is 0 Å². The minimum absolute atomic E-state index is 0.286. The summed E-state index contributed by atoms with van der Waals surface area (Å²) in [5, 5.41) is 19.2. The molecule has 4 rings (SSSR count). The van der Waals surface area contributed by atoms with Crippen molar-refractivity contribution in [2.24, 2.45) is 0 Å². The molecule has 1 aromatic heterocycles. The molecule has 4 aromatic rings. The number of carbonyl (C=O) groups is 1. The van der Waals surface area contributed by atoms with E-state index in [4.69, 9.17) is 5.26 Å². The van der Waals surface area contributed by atoms with Gasteiger partial charge in [-0.05, 0) is 22.3 Å². The van der Waals surface area contributed by atoms with Gasteiger partial charge < -0.3 is 0 Å². The van der Waals surface area contributed by atoms with Gasteiger partial charge in [-0.15, -0.1) is 5.10 Å². The molecule has 0 saturated carbocycles. The summed E-state index contributed by atoms with van der Waals surface area (Å²) in [7, 11) is 0. The fourth-order valence-electron chi connectivity index (χ4n) is 3.00. The molecule has 0 fully saturated rings. The molecule has 0 saturated heterocycles. The average molecular weight is 376 g/mol. The molecule has 1 N–H and O–H groups in total. The number of nitrogens with one attached hydrogen (secondary N) is 1. The van der Waals surface area contributed by atoms with Crippen LogP contribution >= 0.6 is 0 Å². The van der Waals surface area contributed by atoms with Crippen molar-refractivity contribution in [3.8, 4) is 28.5 Å². The number of aldehydes is 1. The molecule has 3 aromatic carbocycles. The number of nitriles is 1. The Bertz CT molecular complexity index is 1200. The van der Waals surface area contributed by atoms with E-state index in [9.17, 15) is 4.79 Å². The van der Waals surface area contributed by atoms with Crippen molar-refractivity contribution in [1.29, 1.82) is 5.26 Å². The second-order valence-corrected chi connectivity index (χ2v) is 6.46. The lowest BCUT2D eigenvalue weighted by atomic mass is 10.0. The van der Waals surface area contributed by atoms with Gasteiger partial charge in [-0.2, -0.15) is 5.26 Å². The summed E-state index contributed by atoms with van der Waals surface area (Å²) >= 11 is 0. The largest absolute Gasteiger partial charge is 0.298 e. The summed E-state index contributed by atoms with van der Waals surface area (Å²) in [6.07, 6.45) is 4.93. The Morgan fingerprint density at radius 3 is 1.69 bits per heavy atom. The van der Waals surface area contributed by atoms with Crippen LogP contribution in [0, 0.1) is 11.3 Å². The number of rotatable bonds is 5. The molecule has 0 aliphatic carbocycles. The molecule has 0 amide bonds. The van der Waals surface area contributed by atoms with Crippen LogP contribution < -0.4 is 0 Å². The van der Waals surface area contributed by atoms with Crippen LogP contribution in [0.4, 0.5) is 0 Å². The Labute approximate surface area is 168 Å². The Morgan fingerprint density at radius 1 is 0.724 bits per heavy atom. The first-order valence-electron chi connectivity index (χ1n) is 9.02. The number of benzene rings is 3. The number of hydrogen-bond acceptors (Lipinski definition) is 4. The van der Waals surface area contributed by atoms with E-state index in [1.807, 2.05) is 66.8 Å². The van der Waals surface area contributed by atoms with Crippen LogP contribution in [0.15, 0.2) is 72.8 Å². The van der Waals surface area contributed by atoms with Crippen LogP contribution in [0.1, 0.15) is 27.2 Å². The van der Waals surface area contributed by atoms with Crippen LogP contribution in [0.5, 0.6) is 0 Å². The highest BCUT2D eigenvalue weighted by Gasteiger charge is 2.08. The van der Waals surface area contributed by atoms with Gasteiger partial charge in [0, 0.05) is 11.1 Å². The van der Waals surface area contributed by atoms with E-state index in [-0.39, 0.29) is 5.69 Å². The lowest BCUT2D eigenvalue weighted by molar-refractivity contribution is 0.112. The van der Waals surface area contributed by atoms with Gasteiger partial charge in [0.2, 0.25) is 0 Å². The van der Waals surface area contributed by atoms with E-state index < -0.39 is 0 Å². The Kier molecular flexibility index (Phi) is 5.08. The fourth-order valence-corrected chi connectivity index (χ4v) is 3.00. The van der Waals surface area contributed by atoms with Crippen LogP contribution in [0.25, 0.3) is 34.5 Å². The molecule has 1 heterocycles. The molecular weight excluding hydrogens is 360 g/mol. The monoisotopic (exact) mass is 376 g/mol. The Hall–Kier alpha value is -4.30. The number of aromatic nitrogens is 3. The van der Waals surface area contributed by atoms with E-state index in [1.54, 1.807) is 0 Å². The topological polar surface area (TPSA) is 82.4 Å². The van der Waals surface area contributed by atoms with Crippen molar-refractivity contribution < 1.29 is 4.79 Å². The lowest BCUT2D eigenvalue weighted by Gasteiger charge is -2.03. The van der Waals surface area contributed by atoms with Crippen LogP contribution in [0.3, 0.4) is 0 Å². The molecule has 29 heavy (non-hydrogen) atoms. The summed E-state index contributed by atoms with van der Waals surface area (Å²) in [6.45, 7) is 0. The zero-order chi connectivity index (χ0) is 20.1. The van der Waals surface area contributed by atoms with Crippen LogP contribution in [-0.2, 0) is 0 Å². The zero-order valence-corrected chi connectivity index (χ0v) is 15.4. The number of hydrogen-bond donors (Lipinski definition) is 1. The maximum absolute atomic E-state index is 10.8. The molecule has 0 bridgehead atoms. The van der Waals surface area contributed by atoms with Gasteiger partial charge in [-0.1, -0.05) is 90.2 Å². The van der Waals surface area contributed by atoms with Crippen LogP contribution in [0.2, 0.25) is 0 Å². The smallest absolute Gasteiger partial charge is 0.190 e. The lowest BCUT2D eigenvalue weighted by Crippen LogP contribution is -1.83. The van der Waals surface area contributed by atoms with Gasteiger partial charge in [0.25, 0.3) is 0 Å². The number of carbonyl (C=O) groups excluding carboxylic acids is 1. The molecule has 5 nitrogen and oxygen atoms in total. The Balaban J connectivity index is 1.47. The summed E-state index contributed by atoms with van der Waals surface area (Å²) in [5.74, 6) is 0. The van der Waals surface area contributed by atoms with Crippen molar-refractivity contribution >= 4 is 18.4 Å². The maximum atomic E-state index is 10.8. The predicted molar refractivity (Wildman–Crippen MR) is 113 cm³/mol. The van der Waals surface area contributed by atoms with Crippen molar-refractivity contribution in [1.82, 2.24) is 15.4 Å². The molecule has 0 atom stereocenters. The number of aromatic amines is 1. The highest BCUT2D eigenvalue weighted by molar-refractivity contribution is 5.77. The predicted octanol–water partition coefficient (Wildman–Crippen LogP) is 4.99. The highest BCUT2D eigenvalue weighted by Crippen LogP contribution is 2.22. The quantitative estimate of drug-likeness (QED) is 0.393. The van der Waals surface area contributed by atoms with Gasteiger partial charge in [-0.3, -0.25) is 9.89 Å². The third-order valence-corrected chi connectivity index (χ3v) is 4.61. The SMILES string of the molecule is N#Cc1nn[nH]c1-c1ccc(/C=C/c2ccc(-c3ccc(C=O)cc3)cc2)cc1. The molecule has 0 aliphatic heterocycles. The highest BCUT2D eigenvalue weighted by atomic mass is 16.1. The second kappa shape index (κ2) is 8.15. The molecular formula is C24H16N4O. The van der Waals surface area contributed by atoms with E-state index in [2.05, 4.69) is 39.7 Å². The standard InChI is InChI=1S/C24H16N4O/c25-15-23-24(27-28-26-23)22-13-5-18(6-14-22)2-1-17-3-9-20(10-4-17)21-11-7-19(16-29)8-12-21/h1-14,16H,(H,26,27,28)/b2-1+. The summed E-state index contributed by atoms with van der Waals surface area (Å²) in [5.41, 5.74) is 6.77. The van der Waals surface area contributed by atoms with Gasteiger partial charge in [0.15, 0.2) is 5.69 Å². The minimum atomic E-state index is 0.286. The van der Waals surface area contributed by atoms with E-state index in [0.717, 1.165) is 34.1 Å². The molecule has 5 heteroatoms. The van der Waals surface area contributed by atoms with E-state index in [1.165, 1.54) is 0 Å². The summed E-state index contributed by atoms with van der Waals surface area (Å²) in [4.78, 5) is 10.8.